The molecule has 0 saturated carbocycles. The van der Waals surface area contributed by atoms with E-state index in [1.165, 1.54) is 30.3 Å². The molecule has 9 nitrogen and oxygen atoms in total. The minimum Gasteiger partial charge on any atom is -0.457 e. The molecule has 31 heavy (non-hydrogen) atoms. The lowest BCUT2D eigenvalue weighted by atomic mass is 10.1. The van der Waals surface area contributed by atoms with Crippen molar-refractivity contribution in [2.24, 2.45) is 0 Å². The fourth-order valence-corrected chi connectivity index (χ4v) is 3.25. The molecule has 0 atom stereocenters. The van der Waals surface area contributed by atoms with E-state index in [0.717, 1.165) is 9.37 Å². The summed E-state index contributed by atoms with van der Waals surface area (Å²) in [6.45, 7) is 0. The van der Waals surface area contributed by atoms with Gasteiger partial charge < -0.3 is 4.42 Å². The zero-order valence-electron chi connectivity index (χ0n) is 15.6. The van der Waals surface area contributed by atoms with Crippen molar-refractivity contribution in [2.75, 3.05) is 4.90 Å². The van der Waals surface area contributed by atoms with Crippen molar-refractivity contribution in [1.29, 1.82) is 0 Å². The first-order chi connectivity index (χ1) is 14.8. The number of halogens is 1. The van der Waals surface area contributed by atoms with Crippen LogP contribution >= 0.6 is 15.9 Å². The lowest BCUT2D eigenvalue weighted by Gasteiger charge is -2.26. The summed E-state index contributed by atoms with van der Waals surface area (Å²) in [5, 5.41) is 13.1. The SMILES string of the molecule is O=C1NC(=O)N(c2ccc(Br)cc2)C(=O)/C1=C/c1ccc(-c2cccc([N+](=O)[O-])c2)o1. The number of non-ortho nitro benzene ring substituents is 1. The number of furan rings is 1. The maximum atomic E-state index is 12.9. The first-order valence-corrected chi connectivity index (χ1v) is 9.64. The average molecular weight is 482 g/mol. The summed E-state index contributed by atoms with van der Waals surface area (Å²) in [6, 6.07) is 14.5. The van der Waals surface area contributed by atoms with Gasteiger partial charge in [-0.05, 0) is 42.5 Å². The van der Waals surface area contributed by atoms with E-state index in [1.807, 2.05) is 0 Å². The zero-order valence-corrected chi connectivity index (χ0v) is 17.2. The summed E-state index contributed by atoms with van der Waals surface area (Å²) in [6.07, 6.45) is 1.22. The van der Waals surface area contributed by atoms with E-state index < -0.39 is 22.8 Å². The maximum Gasteiger partial charge on any atom is 0.335 e. The Morgan fingerprint density at radius 1 is 1.03 bits per heavy atom. The highest BCUT2D eigenvalue weighted by Crippen LogP contribution is 2.28. The van der Waals surface area contributed by atoms with Crippen molar-refractivity contribution in [3.05, 3.63) is 86.6 Å². The van der Waals surface area contributed by atoms with Crippen molar-refractivity contribution in [2.45, 2.75) is 0 Å². The van der Waals surface area contributed by atoms with Crippen molar-refractivity contribution >= 4 is 51.2 Å². The Kier molecular flexibility index (Phi) is 5.22. The van der Waals surface area contributed by atoms with Gasteiger partial charge in [0.1, 0.15) is 17.1 Å². The van der Waals surface area contributed by atoms with Crippen molar-refractivity contribution in [3.8, 4) is 11.3 Å². The first kappa shape index (κ1) is 20.2. The second-order valence-electron chi connectivity index (χ2n) is 6.44. The second kappa shape index (κ2) is 8.00. The Hall–Kier alpha value is -4.05. The first-order valence-electron chi connectivity index (χ1n) is 8.85. The highest BCUT2D eigenvalue weighted by atomic mass is 79.9. The molecule has 1 N–H and O–H groups in total. The van der Waals surface area contributed by atoms with Gasteiger partial charge in [0.15, 0.2) is 0 Å². The maximum absolute atomic E-state index is 12.9. The molecule has 1 aliphatic heterocycles. The highest BCUT2D eigenvalue weighted by Gasteiger charge is 2.37. The number of rotatable bonds is 4. The van der Waals surface area contributed by atoms with Gasteiger partial charge in [-0.1, -0.05) is 28.1 Å². The molecule has 1 aromatic heterocycles. The highest BCUT2D eigenvalue weighted by molar-refractivity contribution is 9.10. The fraction of sp³-hybridized carbons (Fsp3) is 0. The third kappa shape index (κ3) is 4.01. The summed E-state index contributed by atoms with van der Waals surface area (Å²) in [5.74, 6) is -1.16. The van der Waals surface area contributed by atoms with E-state index in [0.29, 0.717) is 17.0 Å². The van der Waals surface area contributed by atoms with E-state index in [4.69, 9.17) is 4.42 Å². The van der Waals surface area contributed by atoms with Gasteiger partial charge >= 0.3 is 6.03 Å². The molecule has 1 aliphatic rings. The van der Waals surface area contributed by atoms with Gasteiger partial charge in [-0.3, -0.25) is 25.0 Å². The van der Waals surface area contributed by atoms with Crippen LogP contribution in [0.15, 0.2) is 75.1 Å². The molecule has 4 rings (SSSR count). The molecular formula is C21H12BrN3O6. The molecule has 0 bridgehead atoms. The Labute approximate surface area is 183 Å². The molecule has 0 spiro atoms. The number of benzene rings is 2. The number of barbiturate groups is 1. The number of hydrogen-bond acceptors (Lipinski definition) is 6. The normalized spacial score (nSPS) is 15.3. The van der Waals surface area contributed by atoms with E-state index in [9.17, 15) is 24.5 Å². The summed E-state index contributed by atoms with van der Waals surface area (Å²) in [4.78, 5) is 48.7. The third-order valence-electron chi connectivity index (χ3n) is 4.44. The van der Waals surface area contributed by atoms with Gasteiger partial charge in [-0.2, -0.15) is 0 Å². The number of carbonyl (C=O) groups is 3. The van der Waals surface area contributed by atoms with E-state index in [2.05, 4.69) is 21.2 Å². The topological polar surface area (TPSA) is 123 Å². The minimum absolute atomic E-state index is 0.0979. The van der Waals surface area contributed by atoms with Crippen molar-refractivity contribution < 1.29 is 23.7 Å². The van der Waals surface area contributed by atoms with Gasteiger partial charge in [0.2, 0.25) is 0 Å². The van der Waals surface area contributed by atoms with Crippen molar-refractivity contribution in [1.82, 2.24) is 5.32 Å². The quantitative estimate of drug-likeness (QED) is 0.256. The van der Waals surface area contributed by atoms with Crippen LogP contribution in [-0.2, 0) is 9.59 Å². The number of anilines is 1. The number of amides is 4. The lowest BCUT2D eigenvalue weighted by molar-refractivity contribution is -0.384. The van der Waals surface area contributed by atoms with Gasteiger partial charge in [0.05, 0.1) is 10.6 Å². The number of nitro groups is 1. The van der Waals surface area contributed by atoms with Crippen molar-refractivity contribution in [3.63, 3.8) is 0 Å². The van der Waals surface area contributed by atoms with Crippen LogP contribution in [0.5, 0.6) is 0 Å². The predicted molar refractivity (Wildman–Crippen MR) is 114 cm³/mol. The molecule has 0 radical (unpaired) electrons. The molecular weight excluding hydrogens is 470 g/mol. The number of nitrogens with zero attached hydrogens (tertiary/aromatic N) is 2. The Balaban J connectivity index is 1.66. The Morgan fingerprint density at radius 2 is 1.77 bits per heavy atom. The minimum atomic E-state index is -0.855. The molecule has 2 heterocycles. The molecule has 1 saturated heterocycles. The number of nitro benzene ring substituents is 1. The molecule has 10 heteroatoms. The largest absolute Gasteiger partial charge is 0.457 e. The molecule has 154 valence electrons. The van der Waals surface area contributed by atoms with Crippen LogP contribution in [-0.4, -0.2) is 22.8 Å². The predicted octanol–water partition coefficient (Wildman–Crippen LogP) is 4.28. The van der Waals surface area contributed by atoms with E-state index in [-0.39, 0.29) is 17.0 Å². The molecule has 1 fully saturated rings. The summed E-state index contributed by atoms with van der Waals surface area (Å²) < 4.78 is 6.41. The summed E-state index contributed by atoms with van der Waals surface area (Å²) in [5.41, 5.74) is 0.368. The number of urea groups is 1. The van der Waals surface area contributed by atoms with Crippen LogP contribution in [0.25, 0.3) is 17.4 Å². The molecule has 3 aromatic rings. The number of carbonyl (C=O) groups excluding carboxylic acids is 3. The van der Waals surface area contributed by atoms with Crippen LogP contribution < -0.4 is 10.2 Å². The lowest BCUT2D eigenvalue weighted by Crippen LogP contribution is -2.54. The van der Waals surface area contributed by atoms with Gasteiger partial charge in [-0.25, -0.2) is 9.69 Å². The van der Waals surface area contributed by atoms with E-state index in [1.54, 1.807) is 36.4 Å². The number of hydrogen-bond donors (Lipinski definition) is 1. The second-order valence-corrected chi connectivity index (χ2v) is 7.36. The van der Waals surface area contributed by atoms with Crippen LogP contribution in [0.4, 0.5) is 16.2 Å². The Morgan fingerprint density at radius 3 is 2.48 bits per heavy atom. The molecule has 4 amide bonds. The standard InChI is InChI=1S/C21H12BrN3O6/c22-13-4-6-14(7-5-13)24-20(27)17(19(26)23-21(24)28)11-16-8-9-18(31-16)12-2-1-3-15(10-12)25(29)30/h1-11H,(H,23,26,28)/b17-11+. The van der Waals surface area contributed by atoms with Gasteiger partial charge in [0, 0.05) is 22.2 Å². The molecule has 2 aromatic carbocycles. The van der Waals surface area contributed by atoms with Gasteiger partial charge in [0.25, 0.3) is 17.5 Å². The summed E-state index contributed by atoms with van der Waals surface area (Å²) in [7, 11) is 0. The number of nitrogens with one attached hydrogen (secondary N) is 1. The summed E-state index contributed by atoms with van der Waals surface area (Å²) >= 11 is 3.28. The third-order valence-corrected chi connectivity index (χ3v) is 4.97. The van der Waals surface area contributed by atoms with Crippen LogP contribution in [0.1, 0.15) is 5.76 Å². The molecule has 0 unspecified atom stereocenters. The smallest absolute Gasteiger partial charge is 0.335 e. The fourth-order valence-electron chi connectivity index (χ4n) is 2.98. The van der Waals surface area contributed by atoms with Crippen LogP contribution in [0.2, 0.25) is 0 Å². The van der Waals surface area contributed by atoms with Gasteiger partial charge in [-0.15, -0.1) is 0 Å². The van der Waals surface area contributed by atoms with E-state index >= 15 is 0 Å². The monoisotopic (exact) mass is 481 g/mol. The van der Waals surface area contributed by atoms with Crippen LogP contribution in [0.3, 0.4) is 0 Å². The Bertz CT molecular complexity index is 1260. The average Bonchev–Trinajstić information content (AvgIpc) is 3.21. The van der Waals surface area contributed by atoms with Crippen LogP contribution in [0, 0.1) is 10.1 Å². The molecule has 0 aliphatic carbocycles. The number of imide groups is 2. The zero-order chi connectivity index (χ0) is 22.1.